The van der Waals surface area contributed by atoms with Gasteiger partial charge in [-0.2, -0.15) is 0 Å². The second kappa shape index (κ2) is 5.44. The van der Waals surface area contributed by atoms with Gasteiger partial charge in [0.1, 0.15) is 12.0 Å². The van der Waals surface area contributed by atoms with Crippen LogP contribution in [0.5, 0.6) is 0 Å². The molecule has 0 spiro atoms. The number of carbonyl (C=O) groups is 3. The van der Waals surface area contributed by atoms with E-state index >= 15 is 0 Å². The molecule has 1 fully saturated rings. The largest absolute Gasteiger partial charge is 0.461 e. The van der Waals surface area contributed by atoms with Crippen LogP contribution in [0.4, 0.5) is 4.39 Å². The zero-order chi connectivity index (χ0) is 15.9. The van der Waals surface area contributed by atoms with Crippen LogP contribution >= 0.6 is 11.8 Å². The summed E-state index contributed by atoms with van der Waals surface area (Å²) >= 11 is 1.25. The number of thioether (sulfide) groups is 1. The van der Waals surface area contributed by atoms with Crippen molar-refractivity contribution in [3.63, 3.8) is 0 Å². The van der Waals surface area contributed by atoms with Crippen molar-refractivity contribution < 1.29 is 23.5 Å². The minimum Gasteiger partial charge on any atom is -0.461 e. The molecule has 1 saturated heterocycles. The molecule has 116 valence electrons. The summed E-state index contributed by atoms with van der Waals surface area (Å²) in [5.41, 5.74) is 0.0587. The number of rotatable bonds is 3. The van der Waals surface area contributed by atoms with E-state index in [-0.39, 0.29) is 18.1 Å². The van der Waals surface area contributed by atoms with Crippen LogP contribution in [-0.4, -0.2) is 46.5 Å². The first-order valence-electron chi connectivity index (χ1n) is 6.63. The van der Waals surface area contributed by atoms with Gasteiger partial charge in [-0.25, -0.2) is 4.39 Å². The Bertz CT molecular complexity index is 538. The number of Topliss-reactive ketones (excluding diaryl/α,β-unsaturated/α-hetero) is 1. The molecule has 0 aromatic heterocycles. The summed E-state index contributed by atoms with van der Waals surface area (Å²) in [5, 5.41) is -0.639. The Kier molecular flexibility index (Phi) is 4.15. The van der Waals surface area contributed by atoms with Crippen LogP contribution in [-0.2, 0) is 19.1 Å². The maximum absolute atomic E-state index is 13.6. The summed E-state index contributed by atoms with van der Waals surface area (Å²) in [6.45, 7) is 6.43. The number of hydrogen-bond donors (Lipinski definition) is 0. The van der Waals surface area contributed by atoms with Crippen LogP contribution in [0.1, 0.15) is 27.7 Å². The molecule has 7 heteroatoms. The van der Waals surface area contributed by atoms with Gasteiger partial charge in [-0.3, -0.25) is 19.3 Å². The highest BCUT2D eigenvalue weighted by Crippen LogP contribution is 2.43. The van der Waals surface area contributed by atoms with Crippen molar-refractivity contribution in [3.05, 3.63) is 11.3 Å². The van der Waals surface area contributed by atoms with E-state index in [0.717, 1.165) is 0 Å². The average Bonchev–Trinajstić information content (AvgIpc) is 2.41. The van der Waals surface area contributed by atoms with Crippen molar-refractivity contribution in [3.8, 4) is 0 Å². The van der Waals surface area contributed by atoms with Crippen LogP contribution in [0.3, 0.4) is 0 Å². The molecule has 0 saturated carbocycles. The van der Waals surface area contributed by atoms with E-state index < -0.39 is 28.8 Å². The number of halogens is 1. The van der Waals surface area contributed by atoms with Crippen LogP contribution < -0.4 is 0 Å². The highest BCUT2D eigenvalue weighted by molar-refractivity contribution is 8.00. The Morgan fingerprint density at radius 3 is 2.57 bits per heavy atom. The maximum Gasteiger partial charge on any atom is 0.302 e. The highest BCUT2D eigenvalue weighted by atomic mass is 32.2. The van der Waals surface area contributed by atoms with E-state index in [1.807, 2.05) is 0 Å². The van der Waals surface area contributed by atoms with Crippen LogP contribution in [0, 0.1) is 5.41 Å². The Morgan fingerprint density at radius 1 is 1.43 bits per heavy atom. The molecule has 2 atom stereocenters. The molecule has 0 aromatic rings. The zero-order valence-corrected chi connectivity index (χ0v) is 13.3. The molecule has 0 bridgehead atoms. The number of β-lactam (4-membered cyclic amide) rings is 1. The van der Waals surface area contributed by atoms with Gasteiger partial charge >= 0.3 is 5.97 Å². The molecule has 2 rings (SSSR count). The predicted octanol–water partition coefficient (Wildman–Crippen LogP) is 1.67. The number of alkyl halides is 1. The Hall–Kier alpha value is -1.37. The topological polar surface area (TPSA) is 63.7 Å². The van der Waals surface area contributed by atoms with E-state index in [9.17, 15) is 18.8 Å². The number of ketones is 1. The van der Waals surface area contributed by atoms with Gasteiger partial charge < -0.3 is 4.74 Å². The fourth-order valence-corrected chi connectivity index (χ4v) is 3.41. The van der Waals surface area contributed by atoms with Crippen LogP contribution in [0.2, 0.25) is 0 Å². The van der Waals surface area contributed by atoms with Crippen molar-refractivity contribution in [2.75, 3.05) is 12.4 Å². The fourth-order valence-electron chi connectivity index (χ4n) is 2.17. The molecule has 0 aliphatic carbocycles. The van der Waals surface area contributed by atoms with Gasteiger partial charge in [0.2, 0.25) is 6.17 Å². The van der Waals surface area contributed by atoms with Crippen molar-refractivity contribution in [2.24, 2.45) is 5.41 Å². The maximum atomic E-state index is 13.6. The summed E-state index contributed by atoms with van der Waals surface area (Å²) < 4.78 is 18.5. The lowest BCUT2D eigenvalue weighted by Gasteiger charge is -2.47. The minimum absolute atomic E-state index is 0.0487. The van der Waals surface area contributed by atoms with Crippen molar-refractivity contribution in [1.29, 1.82) is 0 Å². The smallest absolute Gasteiger partial charge is 0.302 e. The molecule has 2 heterocycles. The molecular formula is C14H18FNO4S. The molecule has 0 unspecified atom stereocenters. The van der Waals surface area contributed by atoms with Gasteiger partial charge in [-0.05, 0) is 0 Å². The van der Waals surface area contributed by atoms with Crippen molar-refractivity contribution in [2.45, 2.75) is 39.2 Å². The van der Waals surface area contributed by atoms with E-state index in [1.54, 1.807) is 20.8 Å². The van der Waals surface area contributed by atoms with E-state index in [1.165, 1.54) is 23.6 Å². The third kappa shape index (κ3) is 2.84. The summed E-state index contributed by atoms with van der Waals surface area (Å²) in [7, 11) is 0. The van der Waals surface area contributed by atoms with E-state index in [4.69, 9.17) is 4.74 Å². The van der Waals surface area contributed by atoms with Gasteiger partial charge in [0.25, 0.3) is 5.91 Å². The number of carbonyl (C=O) groups excluding carboxylic acids is 3. The Balaban J connectivity index is 2.38. The first kappa shape index (κ1) is 16.0. The number of fused-ring (bicyclic) bond motifs is 1. The third-order valence-corrected chi connectivity index (χ3v) is 4.63. The summed E-state index contributed by atoms with van der Waals surface area (Å²) in [4.78, 5) is 36.5. The lowest BCUT2D eigenvalue weighted by molar-refractivity contribution is -0.151. The Labute approximate surface area is 126 Å². The second-order valence-corrected chi connectivity index (χ2v) is 7.23. The number of allylic oxidation sites excluding steroid dienone is 1. The quantitative estimate of drug-likeness (QED) is 0.585. The normalized spacial score (nSPS) is 25.4. The molecule has 2 aliphatic rings. The second-order valence-electron chi connectivity index (χ2n) is 6.12. The van der Waals surface area contributed by atoms with Gasteiger partial charge in [-0.15, -0.1) is 11.8 Å². The first-order valence-corrected chi connectivity index (χ1v) is 7.68. The van der Waals surface area contributed by atoms with Crippen molar-refractivity contribution >= 4 is 29.4 Å². The lowest BCUT2D eigenvalue weighted by atomic mass is 9.86. The van der Waals surface area contributed by atoms with Gasteiger partial charge in [0.05, 0.1) is 5.70 Å². The third-order valence-electron chi connectivity index (χ3n) is 3.33. The number of ether oxygens (including phenoxy) is 1. The number of nitrogens with zero attached hydrogens (tertiary/aromatic N) is 1. The van der Waals surface area contributed by atoms with Crippen molar-refractivity contribution in [1.82, 2.24) is 4.90 Å². The zero-order valence-electron chi connectivity index (χ0n) is 12.4. The van der Waals surface area contributed by atoms with E-state index in [0.29, 0.717) is 11.3 Å². The van der Waals surface area contributed by atoms with Gasteiger partial charge in [0, 0.05) is 23.7 Å². The highest BCUT2D eigenvalue weighted by Gasteiger charge is 2.54. The molecule has 1 amide bonds. The lowest BCUT2D eigenvalue weighted by Crippen LogP contribution is -2.63. The number of esters is 1. The molecule has 2 aliphatic heterocycles. The molecular weight excluding hydrogens is 297 g/mol. The van der Waals surface area contributed by atoms with Crippen LogP contribution in [0.15, 0.2) is 11.3 Å². The van der Waals surface area contributed by atoms with Gasteiger partial charge in [0.15, 0.2) is 5.78 Å². The monoisotopic (exact) mass is 315 g/mol. The molecule has 0 radical (unpaired) electrons. The first-order chi connectivity index (χ1) is 9.64. The molecule has 21 heavy (non-hydrogen) atoms. The predicted molar refractivity (Wildman–Crippen MR) is 76.1 cm³/mol. The SMILES string of the molecule is CC(=O)OCC1=C(C(=O)C(C)(C)C)N2C(=O)[C@H](F)[C@@H]2SC1. The van der Waals surface area contributed by atoms with Crippen LogP contribution in [0.25, 0.3) is 0 Å². The summed E-state index contributed by atoms with van der Waals surface area (Å²) in [6.07, 6.45) is -1.56. The standard InChI is InChI=1S/C14H18FNO4S/c1-7(17)20-5-8-6-21-13-9(15)12(19)16(13)10(8)11(18)14(2,3)4/h9,13H,5-6H2,1-4H3/t9-,13-/m0/s1. The molecule has 0 aromatic carbocycles. The molecule has 5 nitrogen and oxygen atoms in total. The fraction of sp³-hybridized carbons (Fsp3) is 0.643. The summed E-state index contributed by atoms with van der Waals surface area (Å²) in [6, 6.07) is 0. The van der Waals surface area contributed by atoms with Gasteiger partial charge in [-0.1, -0.05) is 20.8 Å². The Morgan fingerprint density at radius 2 is 2.05 bits per heavy atom. The minimum atomic E-state index is -1.56. The van der Waals surface area contributed by atoms with E-state index in [2.05, 4.69) is 0 Å². The number of hydrogen-bond acceptors (Lipinski definition) is 5. The number of amides is 1. The molecule has 0 N–H and O–H groups in total. The summed E-state index contributed by atoms with van der Waals surface area (Å²) in [5.74, 6) is -1.02. The average molecular weight is 315 g/mol.